The molecule has 0 unspecified atom stereocenters. The molecule has 0 atom stereocenters. The lowest BCUT2D eigenvalue weighted by Gasteiger charge is -2.16. The zero-order valence-electron chi connectivity index (χ0n) is 11.4. The number of rotatable bonds is 4. The van der Waals surface area contributed by atoms with Crippen molar-refractivity contribution in [3.63, 3.8) is 0 Å². The molecule has 1 aromatic heterocycles. The van der Waals surface area contributed by atoms with Crippen molar-refractivity contribution >= 4 is 16.7 Å². The fraction of sp³-hybridized carbons (Fsp3) is 0.133. The highest BCUT2D eigenvalue weighted by atomic mass is 16.6. The van der Waals surface area contributed by atoms with E-state index in [1.807, 2.05) is 42.5 Å². The molecular weight excluding hydrogens is 268 g/mol. The number of fused-ring (bicyclic) bond motifs is 1. The molecule has 104 valence electrons. The molecule has 0 spiro atoms. The monoisotopic (exact) mass is 280 g/mol. The second-order valence-electron chi connectivity index (χ2n) is 4.47. The molecule has 1 heterocycles. The Kier molecular flexibility index (Phi) is 3.39. The van der Waals surface area contributed by atoms with E-state index in [1.165, 1.54) is 0 Å². The molecule has 0 bridgehead atoms. The summed E-state index contributed by atoms with van der Waals surface area (Å²) in [5, 5.41) is 16.9. The van der Waals surface area contributed by atoms with E-state index in [1.54, 1.807) is 12.0 Å². The summed E-state index contributed by atoms with van der Waals surface area (Å²) in [6.45, 7) is 0.450. The fourth-order valence-electron chi connectivity index (χ4n) is 2.06. The van der Waals surface area contributed by atoms with Crippen LogP contribution >= 0.6 is 0 Å². The lowest BCUT2D eigenvalue weighted by Crippen LogP contribution is -2.15. The van der Waals surface area contributed by atoms with Gasteiger partial charge in [-0.25, -0.2) is 4.63 Å². The van der Waals surface area contributed by atoms with Crippen molar-refractivity contribution < 1.29 is 9.37 Å². The maximum atomic E-state index is 9.34. The Morgan fingerprint density at radius 2 is 1.90 bits per heavy atom. The van der Waals surface area contributed by atoms with Crippen molar-refractivity contribution in [2.75, 3.05) is 12.0 Å². The van der Waals surface area contributed by atoms with E-state index in [4.69, 9.17) is 4.74 Å². The van der Waals surface area contributed by atoms with E-state index >= 15 is 0 Å². The van der Waals surface area contributed by atoms with Gasteiger partial charge in [0.25, 0.3) is 0 Å². The number of aromatic nitrogens is 2. The predicted octanol–water partition coefficient (Wildman–Crippen LogP) is 2.72. The minimum atomic E-state index is 0.450. The lowest BCUT2D eigenvalue weighted by atomic mass is 10.2. The van der Waals surface area contributed by atoms with Crippen LogP contribution in [-0.2, 0) is 6.54 Å². The smallest absolute Gasteiger partial charge is 0.184 e. The first-order valence-corrected chi connectivity index (χ1v) is 6.32. The van der Waals surface area contributed by atoms with Crippen molar-refractivity contribution in [2.24, 2.45) is 0 Å². The molecule has 6 heteroatoms. The SMILES string of the molecule is COc1ccc(N(C#N)Cc2ccc3nonc3c2)cc1. The number of nitriles is 1. The summed E-state index contributed by atoms with van der Waals surface area (Å²) in [5.41, 5.74) is 3.14. The number of hydrogen-bond acceptors (Lipinski definition) is 6. The number of nitrogens with zero attached hydrogens (tertiary/aromatic N) is 4. The summed E-state index contributed by atoms with van der Waals surface area (Å²) in [5.74, 6) is 0.756. The third-order valence-corrected chi connectivity index (χ3v) is 3.16. The second-order valence-corrected chi connectivity index (χ2v) is 4.47. The van der Waals surface area contributed by atoms with Crippen molar-refractivity contribution in [1.82, 2.24) is 10.3 Å². The Labute approximate surface area is 121 Å². The van der Waals surface area contributed by atoms with Gasteiger partial charge in [-0.05, 0) is 52.3 Å². The Balaban J connectivity index is 1.84. The molecule has 0 radical (unpaired) electrons. The number of benzene rings is 2. The number of ether oxygens (including phenoxy) is 1. The van der Waals surface area contributed by atoms with Crippen LogP contribution in [-0.4, -0.2) is 17.4 Å². The predicted molar refractivity (Wildman–Crippen MR) is 76.6 cm³/mol. The van der Waals surface area contributed by atoms with Crippen LogP contribution in [0.25, 0.3) is 11.0 Å². The van der Waals surface area contributed by atoms with Crippen molar-refractivity contribution in [1.29, 1.82) is 5.26 Å². The summed E-state index contributed by atoms with van der Waals surface area (Å²) in [4.78, 5) is 1.59. The van der Waals surface area contributed by atoms with E-state index in [0.29, 0.717) is 17.6 Å². The molecule has 0 aliphatic carbocycles. The van der Waals surface area contributed by atoms with Crippen LogP contribution < -0.4 is 9.64 Å². The molecule has 0 saturated carbocycles. The largest absolute Gasteiger partial charge is 0.497 e. The highest BCUT2D eigenvalue weighted by molar-refractivity contribution is 5.73. The highest BCUT2D eigenvalue weighted by Crippen LogP contribution is 2.21. The summed E-state index contributed by atoms with van der Waals surface area (Å²) in [6, 6.07) is 12.9. The maximum Gasteiger partial charge on any atom is 0.184 e. The minimum Gasteiger partial charge on any atom is -0.497 e. The van der Waals surface area contributed by atoms with Crippen LogP contribution in [0.1, 0.15) is 5.56 Å². The summed E-state index contributed by atoms with van der Waals surface area (Å²) in [6.07, 6.45) is 2.18. The summed E-state index contributed by atoms with van der Waals surface area (Å²) < 4.78 is 9.78. The maximum absolute atomic E-state index is 9.34. The molecule has 0 aliphatic heterocycles. The van der Waals surface area contributed by atoms with Gasteiger partial charge in [-0.2, -0.15) is 5.26 Å². The molecule has 3 aromatic rings. The molecule has 0 N–H and O–H groups in total. The van der Waals surface area contributed by atoms with E-state index in [2.05, 4.69) is 21.1 Å². The average molecular weight is 280 g/mol. The van der Waals surface area contributed by atoms with Crippen LogP contribution in [0.2, 0.25) is 0 Å². The van der Waals surface area contributed by atoms with E-state index < -0.39 is 0 Å². The van der Waals surface area contributed by atoms with Crippen molar-refractivity contribution in [2.45, 2.75) is 6.54 Å². The average Bonchev–Trinajstić information content (AvgIpc) is 3.00. The van der Waals surface area contributed by atoms with Gasteiger partial charge in [-0.1, -0.05) is 6.07 Å². The molecule has 2 aromatic carbocycles. The summed E-state index contributed by atoms with van der Waals surface area (Å²) >= 11 is 0. The van der Waals surface area contributed by atoms with E-state index in [-0.39, 0.29) is 0 Å². The Morgan fingerprint density at radius 1 is 1.14 bits per heavy atom. The number of methoxy groups -OCH3 is 1. The highest BCUT2D eigenvalue weighted by Gasteiger charge is 2.09. The molecule has 0 amide bonds. The summed E-state index contributed by atoms with van der Waals surface area (Å²) in [7, 11) is 1.61. The van der Waals surface area contributed by atoms with Crippen LogP contribution in [0.15, 0.2) is 47.1 Å². The Bertz CT molecular complexity index is 789. The van der Waals surface area contributed by atoms with Gasteiger partial charge in [0.2, 0.25) is 0 Å². The third kappa shape index (κ3) is 2.62. The van der Waals surface area contributed by atoms with Gasteiger partial charge in [0, 0.05) is 0 Å². The second kappa shape index (κ2) is 5.51. The van der Waals surface area contributed by atoms with E-state index in [0.717, 1.165) is 17.0 Å². The van der Waals surface area contributed by atoms with Gasteiger partial charge in [-0.3, -0.25) is 4.90 Å². The van der Waals surface area contributed by atoms with Crippen LogP contribution in [0.3, 0.4) is 0 Å². The van der Waals surface area contributed by atoms with Gasteiger partial charge in [0.05, 0.1) is 19.3 Å². The molecule has 6 nitrogen and oxygen atoms in total. The zero-order valence-corrected chi connectivity index (χ0v) is 11.4. The Morgan fingerprint density at radius 3 is 2.62 bits per heavy atom. The molecule has 0 fully saturated rings. The first-order chi connectivity index (χ1) is 10.3. The molecule has 3 rings (SSSR count). The minimum absolute atomic E-state index is 0.450. The van der Waals surface area contributed by atoms with Gasteiger partial charge in [0.15, 0.2) is 6.19 Å². The molecule has 21 heavy (non-hydrogen) atoms. The van der Waals surface area contributed by atoms with Crippen LogP contribution in [0.4, 0.5) is 5.69 Å². The van der Waals surface area contributed by atoms with Gasteiger partial charge < -0.3 is 4.74 Å². The van der Waals surface area contributed by atoms with Crippen molar-refractivity contribution in [3.8, 4) is 11.9 Å². The normalized spacial score (nSPS) is 10.3. The molecular formula is C15H12N4O2. The number of hydrogen-bond donors (Lipinski definition) is 0. The molecule has 0 saturated heterocycles. The standard InChI is InChI=1S/C15H12N4O2/c1-20-13-5-3-12(4-6-13)19(10-16)9-11-2-7-14-15(8-11)18-21-17-14/h2-8H,9H2,1H3. The van der Waals surface area contributed by atoms with E-state index in [9.17, 15) is 5.26 Å². The first-order valence-electron chi connectivity index (χ1n) is 6.32. The molecule has 0 aliphatic rings. The quantitative estimate of drug-likeness (QED) is 0.540. The van der Waals surface area contributed by atoms with Crippen LogP contribution in [0, 0.1) is 11.5 Å². The fourth-order valence-corrected chi connectivity index (χ4v) is 2.06. The van der Waals surface area contributed by atoms with Crippen LogP contribution in [0.5, 0.6) is 5.75 Å². The number of anilines is 1. The zero-order chi connectivity index (χ0) is 14.7. The van der Waals surface area contributed by atoms with Crippen molar-refractivity contribution in [3.05, 3.63) is 48.0 Å². The van der Waals surface area contributed by atoms with Gasteiger partial charge >= 0.3 is 0 Å². The third-order valence-electron chi connectivity index (χ3n) is 3.16. The van der Waals surface area contributed by atoms with Gasteiger partial charge in [-0.15, -0.1) is 0 Å². The topological polar surface area (TPSA) is 75.2 Å². The Hall–Kier alpha value is -3.07. The van der Waals surface area contributed by atoms with Gasteiger partial charge in [0.1, 0.15) is 16.8 Å². The first kappa shape index (κ1) is 12.9. The lowest BCUT2D eigenvalue weighted by molar-refractivity contribution is 0.315.